The molecule has 3 nitrogen and oxygen atoms in total. The minimum Gasteiger partial charge on any atom is -0.207 e. The third-order valence-electron chi connectivity index (χ3n) is 3.15. The first-order valence-corrected chi connectivity index (χ1v) is 8.84. The van der Waals surface area contributed by atoms with Crippen molar-refractivity contribution in [1.82, 2.24) is 4.31 Å². The Morgan fingerprint density at radius 3 is 2.40 bits per heavy atom. The van der Waals surface area contributed by atoms with Gasteiger partial charge in [-0.3, -0.25) is 0 Å². The Kier molecular flexibility index (Phi) is 4.62. The fourth-order valence-corrected chi connectivity index (χ4v) is 4.70. The van der Waals surface area contributed by atoms with E-state index in [1.165, 1.54) is 0 Å². The van der Waals surface area contributed by atoms with Crippen LogP contribution in [-0.2, 0) is 16.6 Å². The molecule has 0 amide bonds. The molecule has 0 unspecified atom stereocenters. The zero-order valence-corrected chi connectivity index (χ0v) is 13.5. The highest BCUT2D eigenvalue weighted by atomic mass is 32.2. The molecule has 0 N–H and O–H groups in total. The molecule has 0 radical (unpaired) electrons. The lowest BCUT2D eigenvalue weighted by molar-refractivity contribution is 0.350. The summed E-state index contributed by atoms with van der Waals surface area (Å²) in [5, 5.41) is 1.97. The summed E-state index contributed by atoms with van der Waals surface area (Å²) in [4.78, 5) is 1.45. The lowest BCUT2D eigenvalue weighted by atomic mass is 10.2. The Morgan fingerprint density at radius 2 is 1.85 bits per heavy atom. The first kappa shape index (κ1) is 15.2. The van der Waals surface area contributed by atoms with Gasteiger partial charge in [-0.2, -0.15) is 4.31 Å². The van der Waals surface area contributed by atoms with Crippen LogP contribution in [-0.4, -0.2) is 18.8 Å². The normalized spacial score (nSPS) is 12.2. The van der Waals surface area contributed by atoms with E-state index in [0.29, 0.717) is 11.4 Å². The van der Waals surface area contributed by atoms with Crippen LogP contribution in [0.1, 0.15) is 24.3 Å². The van der Waals surface area contributed by atoms with Gasteiger partial charge in [0.2, 0.25) is 10.0 Å². The molecule has 1 heterocycles. The smallest absolute Gasteiger partial charge is 0.207 e. The molecular formula is C15H19NO2S2. The predicted octanol–water partition coefficient (Wildman–Crippen LogP) is 3.66. The third-order valence-corrected chi connectivity index (χ3v) is 6.19. The van der Waals surface area contributed by atoms with Crippen molar-refractivity contribution in [3.8, 4) is 0 Å². The van der Waals surface area contributed by atoms with Crippen molar-refractivity contribution in [3.63, 3.8) is 0 Å². The van der Waals surface area contributed by atoms with Crippen molar-refractivity contribution < 1.29 is 8.42 Å². The highest BCUT2D eigenvalue weighted by Crippen LogP contribution is 2.24. The topological polar surface area (TPSA) is 37.4 Å². The van der Waals surface area contributed by atoms with Crippen molar-refractivity contribution in [1.29, 1.82) is 0 Å². The van der Waals surface area contributed by atoms with Gasteiger partial charge < -0.3 is 0 Å². The van der Waals surface area contributed by atoms with Crippen LogP contribution in [0.15, 0.2) is 46.7 Å². The molecule has 0 aliphatic heterocycles. The van der Waals surface area contributed by atoms with Gasteiger partial charge in [0, 0.05) is 17.5 Å². The minimum absolute atomic E-state index is 0.0818. The van der Waals surface area contributed by atoms with Crippen LogP contribution in [0.2, 0.25) is 0 Å². The summed E-state index contributed by atoms with van der Waals surface area (Å²) in [5.41, 5.74) is 0.782. The van der Waals surface area contributed by atoms with E-state index in [4.69, 9.17) is 0 Å². The lowest BCUT2D eigenvalue weighted by Crippen LogP contribution is -2.36. The number of sulfonamides is 1. The minimum atomic E-state index is -3.47. The second-order valence-corrected chi connectivity index (χ2v) is 7.88. The van der Waals surface area contributed by atoms with Crippen molar-refractivity contribution >= 4 is 21.4 Å². The van der Waals surface area contributed by atoms with Crippen molar-refractivity contribution in [2.24, 2.45) is 0 Å². The average molecular weight is 309 g/mol. The number of benzene rings is 1. The predicted molar refractivity (Wildman–Crippen MR) is 83.4 cm³/mol. The molecule has 0 aliphatic carbocycles. The second kappa shape index (κ2) is 6.08. The molecule has 1 aromatic carbocycles. The van der Waals surface area contributed by atoms with Crippen molar-refractivity contribution in [2.75, 3.05) is 0 Å². The highest BCUT2D eigenvalue weighted by molar-refractivity contribution is 7.89. The van der Waals surface area contributed by atoms with E-state index in [0.717, 1.165) is 10.4 Å². The summed E-state index contributed by atoms with van der Waals surface area (Å²) < 4.78 is 27.3. The van der Waals surface area contributed by atoms with Gasteiger partial charge in [0.25, 0.3) is 0 Å². The van der Waals surface area contributed by atoms with Gasteiger partial charge in [-0.25, -0.2) is 8.42 Å². The van der Waals surface area contributed by atoms with E-state index >= 15 is 0 Å². The molecule has 5 heteroatoms. The Morgan fingerprint density at radius 1 is 1.15 bits per heavy atom. The Bertz CT molecular complexity index is 661. The molecule has 108 valence electrons. The summed E-state index contributed by atoms with van der Waals surface area (Å²) in [7, 11) is -3.47. The van der Waals surface area contributed by atoms with Crippen LogP contribution < -0.4 is 0 Å². The van der Waals surface area contributed by atoms with Crippen LogP contribution >= 0.6 is 11.3 Å². The van der Waals surface area contributed by atoms with Gasteiger partial charge in [-0.05, 0) is 43.8 Å². The van der Waals surface area contributed by atoms with E-state index in [2.05, 4.69) is 0 Å². The van der Waals surface area contributed by atoms with Gasteiger partial charge in [-0.15, -0.1) is 11.3 Å². The van der Waals surface area contributed by atoms with Gasteiger partial charge in [0.15, 0.2) is 0 Å². The third kappa shape index (κ3) is 3.11. The molecule has 0 spiro atoms. The fraction of sp³-hybridized carbons (Fsp3) is 0.333. The summed E-state index contributed by atoms with van der Waals surface area (Å²) in [5.74, 6) is 0. The van der Waals surface area contributed by atoms with Gasteiger partial charge in [0.05, 0.1) is 4.90 Å². The number of thiophene rings is 1. The zero-order valence-electron chi connectivity index (χ0n) is 11.9. The Labute approximate surface area is 124 Å². The summed E-state index contributed by atoms with van der Waals surface area (Å²) in [6.45, 7) is 6.06. The molecule has 2 rings (SSSR count). The number of nitrogens with zero attached hydrogens (tertiary/aromatic N) is 1. The SMILES string of the molecule is Cc1ccccc1S(=O)(=O)N(Cc1cccs1)C(C)C. The lowest BCUT2D eigenvalue weighted by Gasteiger charge is -2.26. The van der Waals surface area contributed by atoms with E-state index in [-0.39, 0.29) is 6.04 Å². The summed E-state index contributed by atoms with van der Waals surface area (Å²) in [6, 6.07) is 11.0. The quantitative estimate of drug-likeness (QED) is 0.845. The largest absolute Gasteiger partial charge is 0.243 e. The second-order valence-electron chi connectivity index (χ2n) is 4.99. The molecule has 0 aliphatic rings. The Hall–Kier alpha value is -1.17. The van der Waals surface area contributed by atoms with E-state index in [9.17, 15) is 8.42 Å². The molecule has 1 aromatic heterocycles. The van der Waals surface area contributed by atoms with Crippen LogP contribution in [0.4, 0.5) is 0 Å². The molecule has 0 saturated carbocycles. The number of hydrogen-bond acceptors (Lipinski definition) is 3. The summed E-state index contributed by atoms with van der Waals surface area (Å²) >= 11 is 1.58. The maximum absolute atomic E-state index is 12.9. The van der Waals surface area contributed by atoms with Gasteiger partial charge >= 0.3 is 0 Å². The average Bonchev–Trinajstić information content (AvgIpc) is 2.88. The van der Waals surface area contributed by atoms with Crippen LogP contribution in [0.3, 0.4) is 0 Å². The van der Waals surface area contributed by atoms with Crippen molar-refractivity contribution in [2.45, 2.75) is 38.3 Å². The van der Waals surface area contributed by atoms with Crippen molar-refractivity contribution in [3.05, 3.63) is 52.2 Å². The fourth-order valence-electron chi connectivity index (χ4n) is 2.07. The molecule has 2 aromatic rings. The standard InChI is InChI=1S/C15H19NO2S2/c1-12(2)16(11-14-8-6-10-19-14)20(17,18)15-9-5-4-7-13(15)3/h4-10,12H,11H2,1-3H3. The highest BCUT2D eigenvalue weighted by Gasteiger charge is 2.28. The molecule has 0 bridgehead atoms. The first-order valence-electron chi connectivity index (χ1n) is 6.53. The Balaban J connectivity index is 2.40. The molecular weight excluding hydrogens is 290 g/mol. The molecule has 0 saturated heterocycles. The number of aryl methyl sites for hydroxylation is 1. The number of hydrogen-bond donors (Lipinski definition) is 0. The molecule has 20 heavy (non-hydrogen) atoms. The van der Waals surface area contributed by atoms with Gasteiger partial charge in [-0.1, -0.05) is 24.3 Å². The maximum Gasteiger partial charge on any atom is 0.243 e. The number of rotatable bonds is 5. The van der Waals surface area contributed by atoms with E-state index in [1.54, 1.807) is 27.8 Å². The zero-order chi connectivity index (χ0) is 14.8. The summed E-state index contributed by atoms with van der Waals surface area (Å²) in [6.07, 6.45) is 0. The van der Waals surface area contributed by atoms with Crippen LogP contribution in [0, 0.1) is 6.92 Å². The van der Waals surface area contributed by atoms with Crippen LogP contribution in [0.25, 0.3) is 0 Å². The van der Waals surface area contributed by atoms with Crippen LogP contribution in [0.5, 0.6) is 0 Å². The van der Waals surface area contributed by atoms with E-state index < -0.39 is 10.0 Å². The monoisotopic (exact) mass is 309 g/mol. The molecule has 0 atom stereocenters. The first-order chi connectivity index (χ1) is 9.43. The van der Waals surface area contributed by atoms with Gasteiger partial charge in [0.1, 0.15) is 0 Å². The molecule has 0 fully saturated rings. The van der Waals surface area contributed by atoms with E-state index in [1.807, 2.05) is 50.4 Å². The maximum atomic E-state index is 12.9.